The number of rotatable bonds is 6. The summed E-state index contributed by atoms with van der Waals surface area (Å²) in [6, 6.07) is 61.5. The lowest BCUT2D eigenvalue weighted by Gasteiger charge is -2.36. The third-order valence-electron chi connectivity index (χ3n) is 11.3. The molecule has 8 aromatic rings. The van der Waals surface area contributed by atoms with Gasteiger partial charge in [0.15, 0.2) is 0 Å². The second kappa shape index (κ2) is 12.1. The van der Waals surface area contributed by atoms with Crippen LogP contribution in [-0.4, -0.2) is 6.04 Å². The summed E-state index contributed by atoms with van der Waals surface area (Å²) in [7, 11) is 0. The van der Waals surface area contributed by atoms with Crippen molar-refractivity contribution < 1.29 is 4.42 Å². The second-order valence-corrected chi connectivity index (χ2v) is 14.1. The largest absolute Gasteiger partial charge is 0.456 e. The molecule has 2 aliphatic carbocycles. The number of hydrogen-bond donors (Lipinski definition) is 0. The van der Waals surface area contributed by atoms with Gasteiger partial charge in [0.2, 0.25) is 0 Å². The molecule has 2 aliphatic rings. The number of fused-ring (bicyclic) bond motifs is 6. The Morgan fingerprint density at radius 3 is 1.87 bits per heavy atom. The molecule has 0 amide bonds. The average molecular weight is 668 g/mol. The summed E-state index contributed by atoms with van der Waals surface area (Å²) in [6.45, 7) is 2.38. The predicted octanol–water partition coefficient (Wildman–Crippen LogP) is 13.1. The Bertz CT molecular complexity index is 2620. The highest BCUT2D eigenvalue weighted by molar-refractivity contribution is 6.14. The van der Waals surface area contributed by atoms with Crippen LogP contribution in [0, 0.1) is 0 Å². The first-order valence-electron chi connectivity index (χ1n) is 18.2. The van der Waals surface area contributed by atoms with Gasteiger partial charge in [0.05, 0.1) is 17.1 Å². The van der Waals surface area contributed by atoms with Crippen molar-refractivity contribution in [3.8, 4) is 22.3 Å². The summed E-state index contributed by atoms with van der Waals surface area (Å²) in [4.78, 5) is 2.54. The molecule has 1 unspecified atom stereocenters. The third-order valence-corrected chi connectivity index (χ3v) is 11.3. The van der Waals surface area contributed by atoms with Gasteiger partial charge >= 0.3 is 0 Å². The number of nitrogens with zero attached hydrogens (tertiary/aromatic N) is 1. The van der Waals surface area contributed by atoms with Crippen molar-refractivity contribution in [2.24, 2.45) is 0 Å². The van der Waals surface area contributed by atoms with Crippen LogP contribution < -0.4 is 4.90 Å². The molecule has 0 aliphatic heterocycles. The van der Waals surface area contributed by atoms with Gasteiger partial charge in [-0.3, -0.25) is 0 Å². The van der Waals surface area contributed by atoms with Crippen LogP contribution in [0.2, 0.25) is 0 Å². The summed E-state index contributed by atoms with van der Waals surface area (Å²) in [5.41, 5.74) is 15.1. The van der Waals surface area contributed by atoms with Crippen molar-refractivity contribution in [2.45, 2.75) is 24.8 Å². The molecule has 2 heteroatoms. The summed E-state index contributed by atoms with van der Waals surface area (Å²) >= 11 is 0. The van der Waals surface area contributed by atoms with Crippen LogP contribution in [0.1, 0.15) is 35.6 Å². The van der Waals surface area contributed by atoms with Gasteiger partial charge in [0.25, 0.3) is 0 Å². The Morgan fingerprint density at radius 1 is 0.558 bits per heavy atom. The standard InChI is InChI=1S/C50H37NO/c1-50(43-24-11-8-21-40(43)41-22-9-12-25-44(41)50)45-31-32-46(48-42-23-10-13-26-47(42)52-49(45)48)51(38-29-27-36(28-30-38)34-15-4-2-5-16-34)39-20-14-19-37(33-39)35-17-6-3-7-18-35/h2-32,39H,33H2,1H3. The van der Waals surface area contributed by atoms with Crippen LogP contribution in [0.4, 0.5) is 11.4 Å². The average Bonchev–Trinajstić information content (AvgIpc) is 3.73. The molecule has 52 heavy (non-hydrogen) atoms. The number of para-hydroxylation sites is 1. The lowest BCUT2D eigenvalue weighted by atomic mass is 9.73. The number of benzene rings is 7. The Morgan fingerprint density at radius 2 is 1.15 bits per heavy atom. The van der Waals surface area contributed by atoms with Gasteiger partial charge < -0.3 is 9.32 Å². The lowest BCUT2D eigenvalue weighted by Crippen LogP contribution is -2.31. The Balaban J connectivity index is 1.20. The van der Waals surface area contributed by atoms with E-state index >= 15 is 0 Å². The first kappa shape index (κ1) is 30.4. The van der Waals surface area contributed by atoms with Gasteiger partial charge in [-0.25, -0.2) is 0 Å². The molecule has 0 spiro atoms. The quantitative estimate of drug-likeness (QED) is 0.175. The van der Waals surface area contributed by atoms with E-state index in [-0.39, 0.29) is 6.04 Å². The highest BCUT2D eigenvalue weighted by atomic mass is 16.3. The predicted molar refractivity (Wildman–Crippen MR) is 217 cm³/mol. The van der Waals surface area contributed by atoms with E-state index in [0.29, 0.717) is 0 Å². The van der Waals surface area contributed by atoms with Gasteiger partial charge in [0.1, 0.15) is 11.2 Å². The van der Waals surface area contributed by atoms with E-state index in [4.69, 9.17) is 4.42 Å². The zero-order valence-electron chi connectivity index (χ0n) is 29.0. The molecular formula is C50H37NO. The molecule has 1 heterocycles. The fraction of sp³-hybridized carbons (Fsp3) is 0.0800. The molecule has 7 aromatic carbocycles. The van der Waals surface area contributed by atoms with Crippen molar-refractivity contribution in [1.29, 1.82) is 0 Å². The molecule has 10 rings (SSSR count). The van der Waals surface area contributed by atoms with Crippen LogP contribution >= 0.6 is 0 Å². The minimum Gasteiger partial charge on any atom is -0.456 e. The van der Waals surface area contributed by atoms with Crippen LogP contribution in [0.3, 0.4) is 0 Å². The summed E-state index contributed by atoms with van der Waals surface area (Å²) in [5, 5.41) is 2.27. The smallest absolute Gasteiger partial charge is 0.141 e. The Labute approximate surface area is 304 Å². The van der Waals surface area contributed by atoms with Crippen LogP contribution in [0.25, 0.3) is 49.8 Å². The molecule has 0 saturated carbocycles. The maximum Gasteiger partial charge on any atom is 0.141 e. The van der Waals surface area contributed by atoms with Crippen molar-refractivity contribution in [3.05, 3.63) is 210 Å². The highest BCUT2D eigenvalue weighted by Gasteiger charge is 2.43. The first-order valence-corrected chi connectivity index (χ1v) is 18.2. The summed E-state index contributed by atoms with van der Waals surface area (Å²) in [6.07, 6.45) is 7.72. The molecular weight excluding hydrogens is 631 g/mol. The number of anilines is 2. The molecule has 0 radical (unpaired) electrons. The molecule has 2 nitrogen and oxygen atoms in total. The van der Waals surface area contributed by atoms with Gasteiger partial charge in [-0.15, -0.1) is 0 Å². The van der Waals surface area contributed by atoms with Gasteiger partial charge in [0, 0.05) is 22.1 Å². The zero-order valence-corrected chi connectivity index (χ0v) is 29.0. The molecule has 1 aromatic heterocycles. The lowest BCUT2D eigenvalue weighted by molar-refractivity contribution is 0.637. The Hall–Kier alpha value is -6.38. The van der Waals surface area contributed by atoms with Crippen LogP contribution in [0.5, 0.6) is 0 Å². The monoisotopic (exact) mass is 667 g/mol. The topological polar surface area (TPSA) is 16.4 Å². The van der Waals surface area contributed by atoms with E-state index < -0.39 is 5.41 Å². The molecule has 0 N–H and O–H groups in total. The van der Waals surface area contributed by atoms with Crippen LogP contribution in [-0.2, 0) is 5.41 Å². The first-order chi connectivity index (χ1) is 25.7. The number of furan rings is 1. The zero-order chi connectivity index (χ0) is 34.6. The second-order valence-electron chi connectivity index (χ2n) is 14.1. The van der Waals surface area contributed by atoms with Gasteiger partial charge in [-0.1, -0.05) is 164 Å². The maximum atomic E-state index is 7.02. The molecule has 0 bridgehead atoms. The van der Waals surface area contributed by atoms with Gasteiger partial charge in [-0.05, 0) is 82.1 Å². The van der Waals surface area contributed by atoms with E-state index in [2.05, 4.69) is 200 Å². The SMILES string of the molecule is CC1(c2ccc(N(c3ccc(-c4ccccc4)cc3)C3C=CC=C(c4ccccc4)C3)c3c2oc2ccccc23)c2ccccc2-c2ccccc21. The van der Waals surface area contributed by atoms with E-state index in [1.54, 1.807) is 0 Å². The minimum atomic E-state index is -0.395. The highest BCUT2D eigenvalue weighted by Crippen LogP contribution is 2.55. The van der Waals surface area contributed by atoms with E-state index in [0.717, 1.165) is 39.7 Å². The van der Waals surface area contributed by atoms with Crippen molar-refractivity contribution in [3.63, 3.8) is 0 Å². The van der Waals surface area contributed by atoms with Crippen molar-refractivity contribution in [2.75, 3.05) is 4.90 Å². The third kappa shape index (κ3) is 4.72. The fourth-order valence-corrected chi connectivity index (χ4v) is 8.81. The van der Waals surface area contributed by atoms with Gasteiger partial charge in [-0.2, -0.15) is 0 Å². The summed E-state index contributed by atoms with van der Waals surface area (Å²) < 4.78 is 7.02. The van der Waals surface area contributed by atoms with E-state index in [9.17, 15) is 0 Å². The molecule has 0 fully saturated rings. The summed E-state index contributed by atoms with van der Waals surface area (Å²) in [5.74, 6) is 0. The van der Waals surface area contributed by atoms with E-state index in [1.807, 2.05) is 0 Å². The van der Waals surface area contributed by atoms with E-state index in [1.165, 1.54) is 50.1 Å². The van der Waals surface area contributed by atoms with Crippen LogP contribution in [0.15, 0.2) is 193 Å². The van der Waals surface area contributed by atoms with Crippen molar-refractivity contribution in [1.82, 2.24) is 0 Å². The number of allylic oxidation sites excluding steroid dienone is 2. The normalized spacial score (nSPS) is 15.7. The Kier molecular flexibility index (Phi) is 7.11. The fourth-order valence-electron chi connectivity index (χ4n) is 8.81. The number of hydrogen-bond acceptors (Lipinski definition) is 2. The molecule has 1 atom stereocenters. The molecule has 248 valence electrons. The van der Waals surface area contributed by atoms with Crippen molar-refractivity contribution >= 4 is 38.9 Å². The molecule has 0 saturated heterocycles. The minimum absolute atomic E-state index is 0.0778. The maximum absolute atomic E-state index is 7.02.